The molecule has 3 rings (SSSR count). The zero-order valence-corrected chi connectivity index (χ0v) is 11.9. The van der Waals surface area contributed by atoms with Crippen LogP contribution in [0.1, 0.15) is 5.69 Å². The van der Waals surface area contributed by atoms with Gasteiger partial charge in [-0.1, -0.05) is 0 Å². The molecule has 0 bridgehead atoms. The van der Waals surface area contributed by atoms with E-state index >= 15 is 0 Å². The zero-order chi connectivity index (χ0) is 14.1. The number of fused-ring (bicyclic) bond motifs is 1. The topological polar surface area (TPSA) is 51.6 Å². The largest absolute Gasteiger partial charge is 0.454 e. The van der Waals surface area contributed by atoms with E-state index in [2.05, 4.69) is 14.9 Å². The number of hydrogen-bond acceptors (Lipinski definition) is 5. The van der Waals surface area contributed by atoms with Gasteiger partial charge in [0, 0.05) is 32.9 Å². The van der Waals surface area contributed by atoms with Crippen molar-refractivity contribution in [1.29, 1.82) is 0 Å². The van der Waals surface area contributed by atoms with Gasteiger partial charge < -0.3 is 24.3 Å². The van der Waals surface area contributed by atoms with Gasteiger partial charge in [0.25, 0.3) is 0 Å². The molecular weight excluding hydrogens is 256 g/mol. The van der Waals surface area contributed by atoms with Crippen LogP contribution in [0.5, 0.6) is 11.5 Å². The Labute approximate surface area is 117 Å². The standard InChI is InChI=1S/C14H18N4O2/c1-17(2)14-16-8-11(18(14)3)7-15-10-4-5-12-13(6-10)20-9-19-12/h4-6,8,15H,7,9H2,1-3H3. The van der Waals surface area contributed by atoms with Gasteiger partial charge in [0.2, 0.25) is 12.7 Å². The summed E-state index contributed by atoms with van der Waals surface area (Å²) < 4.78 is 12.7. The van der Waals surface area contributed by atoms with Crippen LogP contribution in [-0.2, 0) is 13.6 Å². The minimum Gasteiger partial charge on any atom is -0.454 e. The molecule has 20 heavy (non-hydrogen) atoms. The van der Waals surface area contributed by atoms with Crippen molar-refractivity contribution in [3.8, 4) is 11.5 Å². The molecule has 0 fully saturated rings. The molecule has 6 nitrogen and oxygen atoms in total. The summed E-state index contributed by atoms with van der Waals surface area (Å²) in [5.74, 6) is 2.52. The summed E-state index contributed by atoms with van der Waals surface area (Å²) in [6.45, 7) is 1.00. The first-order valence-corrected chi connectivity index (χ1v) is 6.46. The summed E-state index contributed by atoms with van der Waals surface area (Å²) in [6, 6.07) is 5.85. The molecule has 0 aliphatic carbocycles. The van der Waals surface area contributed by atoms with E-state index in [1.54, 1.807) is 0 Å². The summed E-state index contributed by atoms with van der Waals surface area (Å²) >= 11 is 0. The molecular formula is C14H18N4O2. The fourth-order valence-electron chi connectivity index (χ4n) is 2.21. The quantitative estimate of drug-likeness (QED) is 0.921. The molecule has 0 spiro atoms. The van der Waals surface area contributed by atoms with Gasteiger partial charge in [0.15, 0.2) is 11.5 Å². The molecule has 2 aromatic rings. The maximum atomic E-state index is 5.36. The highest BCUT2D eigenvalue weighted by atomic mass is 16.7. The molecule has 106 valence electrons. The van der Waals surface area contributed by atoms with Crippen LogP contribution in [0.4, 0.5) is 11.6 Å². The highest BCUT2D eigenvalue weighted by molar-refractivity contribution is 5.55. The van der Waals surface area contributed by atoms with E-state index in [9.17, 15) is 0 Å². The molecule has 0 amide bonds. The first-order chi connectivity index (χ1) is 9.65. The average molecular weight is 274 g/mol. The lowest BCUT2D eigenvalue weighted by Gasteiger charge is -2.13. The van der Waals surface area contributed by atoms with Gasteiger partial charge in [0.05, 0.1) is 18.4 Å². The maximum absolute atomic E-state index is 5.36. The normalized spacial score (nSPS) is 12.6. The van der Waals surface area contributed by atoms with Crippen LogP contribution in [0.3, 0.4) is 0 Å². The van der Waals surface area contributed by atoms with Gasteiger partial charge in [-0.2, -0.15) is 0 Å². The second-order valence-corrected chi connectivity index (χ2v) is 4.92. The average Bonchev–Trinajstić information content (AvgIpc) is 3.02. The summed E-state index contributed by atoms with van der Waals surface area (Å²) in [4.78, 5) is 6.38. The predicted molar refractivity (Wildman–Crippen MR) is 77.4 cm³/mol. The Bertz CT molecular complexity index is 622. The Morgan fingerprint density at radius 3 is 2.85 bits per heavy atom. The zero-order valence-electron chi connectivity index (χ0n) is 11.9. The van der Waals surface area contributed by atoms with E-state index in [4.69, 9.17) is 9.47 Å². The molecule has 0 unspecified atom stereocenters. The summed E-state index contributed by atoms with van der Waals surface area (Å²) in [5, 5.41) is 3.37. The lowest BCUT2D eigenvalue weighted by molar-refractivity contribution is 0.174. The number of hydrogen-bond donors (Lipinski definition) is 1. The minimum absolute atomic E-state index is 0.298. The Kier molecular flexibility index (Phi) is 3.14. The Morgan fingerprint density at radius 1 is 1.30 bits per heavy atom. The Morgan fingerprint density at radius 2 is 2.10 bits per heavy atom. The summed E-state index contributed by atoms with van der Waals surface area (Å²) in [7, 11) is 5.98. The van der Waals surface area contributed by atoms with Crippen molar-refractivity contribution >= 4 is 11.6 Å². The molecule has 0 saturated carbocycles. The van der Waals surface area contributed by atoms with Crippen molar-refractivity contribution in [2.24, 2.45) is 7.05 Å². The van der Waals surface area contributed by atoms with Crippen LogP contribution >= 0.6 is 0 Å². The summed E-state index contributed by atoms with van der Waals surface area (Å²) in [6.07, 6.45) is 1.88. The van der Waals surface area contributed by atoms with Crippen LogP contribution in [0, 0.1) is 0 Å². The molecule has 1 aromatic heterocycles. The Balaban J connectivity index is 1.70. The van der Waals surface area contributed by atoms with Gasteiger partial charge in [-0.15, -0.1) is 0 Å². The lowest BCUT2D eigenvalue weighted by atomic mass is 10.2. The minimum atomic E-state index is 0.298. The van der Waals surface area contributed by atoms with Crippen molar-refractivity contribution in [3.05, 3.63) is 30.1 Å². The molecule has 1 aromatic carbocycles. The van der Waals surface area contributed by atoms with Gasteiger partial charge in [-0.3, -0.25) is 0 Å². The maximum Gasteiger partial charge on any atom is 0.231 e. The smallest absolute Gasteiger partial charge is 0.231 e. The fraction of sp³-hybridized carbons (Fsp3) is 0.357. The van der Waals surface area contributed by atoms with Crippen molar-refractivity contribution in [3.63, 3.8) is 0 Å². The third kappa shape index (κ3) is 2.24. The predicted octanol–water partition coefficient (Wildman–Crippen LogP) is 1.83. The van der Waals surface area contributed by atoms with Gasteiger partial charge in [-0.25, -0.2) is 4.98 Å². The third-order valence-electron chi connectivity index (χ3n) is 3.31. The van der Waals surface area contributed by atoms with Crippen LogP contribution in [-0.4, -0.2) is 30.4 Å². The molecule has 1 aliphatic heterocycles. The van der Waals surface area contributed by atoms with Gasteiger partial charge in [0.1, 0.15) is 0 Å². The molecule has 2 heterocycles. The highest BCUT2D eigenvalue weighted by Gasteiger charge is 2.13. The highest BCUT2D eigenvalue weighted by Crippen LogP contribution is 2.34. The number of nitrogens with zero attached hydrogens (tertiary/aromatic N) is 3. The van der Waals surface area contributed by atoms with Crippen molar-refractivity contribution in [2.75, 3.05) is 31.1 Å². The molecule has 0 radical (unpaired) electrons. The van der Waals surface area contributed by atoms with Crippen molar-refractivity contribution in [2.45, 2.75) is 6.54 Å². The molecule has 1 aliphatic rings. The number of rotatable bonds is 4. The van der Waals surface area contributed by atoms with E-state index in [-0.39, 0.29) is 0 Å². The van der Waals surface area contributed by atoms with Crippen LogP contribution in [0.25, 0.3) is 0 Å². The second kappa shape index (κ2) is 4.96. The Hall–Kier alpha value is -2.37. The molecule has 1 N–H and O–H groups in total. The number of anilines is 2. The number of imidazole rings is 1. The first-order valence-electron chi connectivity index (χ1n) is 6.46. The third-order valence-corrected chi connectivity index (χ3v) is 3.31. The molecule has 6 heteroatoms. The van der Waals surface area contributed by atoms with E-state index in [1.165, 1.54) is 0 Å². The summed E-state index contributed by atoms with van der Waals surface area (Å²) in [5.41, 5.74) is 2.12. The van der Waals surface area contributed by atoms with Crippen LogP contribution in [0.15, 0.2) is 24.4 Å². The van der Waals surface area contributed by atoms with Crippen LogP contribution in [0.2, 0.25) is 0 Å². The second-order valence-electron chi connectivity index (χ2n) is 4.92. The monoisotopic (exact) mass is 274 g/mol. The fourth-order valence-corrected chi connectivity index (χ4v) is 2.21. The van der Waals surface area contributed by atoms with Crippen molar-refractivity contribution in [1.82, 2.24) is 9.55 Å². The number of nitrogens with one attached hydrogen (secondary N) is 1. The number of ether oxygens (including phenoxy) is 2. The first kappa shape index (κ1) is 12.7. The van der Waals surface area contributed by atoms with Gasteiger partial charge in [-0.05, 0) is 12.1 Å². The number of benzene rings is 1. The van der Waals surface area contributed by atoms with Crippen LogP contribution < -0.4 is 19.7 Å². The molecule has 0 atom stereocenters. The van der Waals surface area contributed by atoms with Crippen molar-refractivity contribution < 1.29 is 9.47 Å². The van der Waals surface area contributed by atoms with E-state index in [0.717, 1.165) is 28.8 Å². The lowest BCUT2D eigenvalue weighted by Crippen LogP contribution is -2.15. The SMILES string of the molecule is CN(C)c1ncc(CNc2ccc3c(c2)OCO3)n1C. The van der Waals surface area contributed by atoms with E-state index in [0.29, 0.717) is 13.3 Å². The van der Waals surface area contributed by atoms with Gasteiger partial charge >= 0.3 is 0 Å². The van der Waals surface area contributed by atoms with E-state index < -0.39 is 0 Å². The molecule has 0 saturated heterocycles. The number of aromatic nitrogens is 2. The van der Waals surface area contributed by atoms with E-state index in [1.807, 2.05) is 50.4 Å².